The van der Waals surface area contributed by atoms with E-state index in [1.165, 1.54) is 4.90 Å². The Kier molecular flexibility index (Phi) is 14.7. The number of pyridine rings is 1. The summed E-state index contributed by atoms with van der Waals surface area (Å²) < 4.78 is 84.5. The summed E-state index contributed by atoms with van der Waals surface area (Å²) in [6.45, 7) is 6.50. The van der Waals surface area contributed by atoms with Crippen LogP contribution in [0.5, 0.6) is 11.6 Å². The number of primary amides is 1. The third kappa shape index (κ3) is 11.2. The minimum absolute atomic E-state index is 0.0132. The lowest BCUT2D eigenvalue weighted by molar-refractivity contribution is -0.244. The number of allylic oxidation sites excluding steroid dienone is 2. The van der Waals surface area contributed by atoms with Gasteiger partial charge in [-0.1, -0.05) is 32.4 Å². The van der Waals surface area contributed by atoms with Gasteiger partial charge in [-0.25, -0.2) is 13.2 Å². The molecule has 3 aliphatic rings. The predicted molar refractivity (Wildman–Crippen MR) is 227 cm³/mol. The van der Waals surface area contributed by atoms with Crippen molar-refractivity contribution in [1.29, 1.82) is 0 Å². The van der Waals surface area contributed by atoms with Crippen molar-refractivity contribution >= 4 is 50.4 Å². The highest BCUT2D eigenvalue weighted by Crippen LogP contribution is 2.43. The molecule has 1 aromatic heterocycles. The van der Waals surface area contributed by atoms with Crippen LogP contribution in [0.3, 0.4) is 0 Å². The van der Waals surface area contributed by atoms with E-state index in [0.29, 0.717) is 69.3 Å². The average Bonchev–Trinajstić information content (AvgIpc) is 3.56. The number of rotatable bonds is 18. The van der Waals surface area contributed by atoms with Crippen molar-refractivity contribution in [2.45, 2.75) is 127 Å². The Morgan fingerprint density at radius 1 is 1.11 bits per heavy atom. The minimum atomic E-state index is -4.91. The number of methoxy groups -OCH3 is 1. The summed E-state index contributed by atoms with van der Waals surface area (Å²) in [5, 5.41) is 3.79. The highest BCUT2D eigenvalue weighted by atomic mass is 32.2. The molecule has 1 saturated heterocycles. The Morgan fingerprint density at radius 3 is 2.42 bits per heavy atom. The molecule has 19 heteroatoms. The second kappa shape index (κ2) is 18.9. The molecule has 1 aliphatic heterocycles. The number of ether oxygens (including phenoxy) is 3. The number of alkyl carbamates (subject to hydrolysis) is 1. The number of nitrogens with one attached hydrogen (secondary N) is 2. The van der Waals surface area contributed by atoms with Gasteiger partial charge in [-0.05, 0) is 113 Å². The maximum absolute atomic E-state index is 14.5. The van der Waals surface area contributed by atoms with E-state index >= 15 is 0 Å². The van der Waals surface area contributed by atoms with Gasteiger partial charge in [0.1, 0.15) is 29.8 Å². The van der Waals surface area contributed by atoms with E-state index in [9.17, 15) is 40.8 Å². The molecule has 0 radical (unpaired) electrons. The standard InChI is InChI=1S/C43H61F3N6O9S/c1-25(12-9-10-13-27-14-11-15-31(27)37(54)50-62(57,58)42(5)18-19-42)20-26(2)35(49-40(56)61-41(3,4)43(44,45)46)39(55)52-24-30(23-33(52)36(47)53)60-38-32-17-16-29(59-8)21-28(32)22-34(48-38)51(6)7/h10,13,16-17,21-22,25-27,30-31,33,35H,9,11-12,14-15,18-20,23-24H2,1-8H3,(H2,47,53)(H,49,56)(H,50,54)/b13-10-/t25-,26+,27+,30+,31?,33-,35-/m0/s1. The Labute approximate surface area is 361 Å². The number of hydrogen-bond donors (Lipinski definition) is 3. The summed E-state index contributed by atoms with van der Waals surface area (Å²) in [5.41, 5.74) is 2.95. The van der Waals surface area contributed by atoms with Crippen LogP contribution in [0.15, 0.2) is 36.4 Å². The SMILES string of the molecule is COc1ccc2c(O[C@@H]3C[C@@H](C(N)=O)N(C(=O)[C@@H](NC(=O)OC(C)(C)C(F)(F)F)[C@H](C)C[C@@H](C)CC/C=C\[C@@H]4CCCC4C(=O)NS(=O)(=O)C4(C)CC4)C3)nc(N(C)C)cc2c1. The number of benzene rings is 1. The molecule has 4 amide bonds. The number of anilines is 1. The molecule has 1 unspecified atom stereocenters. The maximum Gasteiger partial charge on any atom is 0.427 e. The van der Waals surface area contributed by atoms with Crippen LogP contribution in [0.2, 0.25) is 0 Å². The lowest BCUT2D eigenvalue weighted by Gasteiger charge is -2.33. The van der Waals surface area contributed by atoms with Crippen molar-refractivity contribution in [3.63, 3.8) is 0 Å². The van der Waals surface area contributed by atoms with Crippen molar-refractivity contribution in [3.05, 3.63) is 36.4 Å². The highest BCUT2D eigenvalue weighted by Gasteiger charge is 2.53. The van der Waals surface area contributed by atoms with Gasteiger partial charge < -0.3 is 35.1 Å². The molecule has 344 valence electrons. The van der Waals surface area contributed by atoms with Crippen LogP contribution >= 0.6 is 0 Å². The lowest BCUT2D eigenvalue weighted by atomic mass is 9.87. The number of nitrogens with zero attached hydrogens (tertiary/aromatic N) is 3. The monoisotopic (exact) mass is 894 g/mol. The van der Waals surface area contributed by atoms with Gasteiger partial charge in [0, 0.05) is 31.8 Å². The van der Waals surface area contributed by atoms with Crippen LogP contribution in [0.4, 0.5) is 23.8 Å². The predicted octanol–water partition coefficient (Wildman–Crippen LogP) is 5.99. The number of carbonyl (C=O) groups is 4. The summed E-state index contributed by atoms with van der Waals surface area (Å²) in [6.07, 6.45) is 1.45. The number of carbonyl (C=O) groups excluding carboxylic acids is 4. The maximum atomic E-state index is 14.5. The van der Waals surface area contributed by atoms with Gasteiger partial charge >= 0.3 is 12.3 Å². The molecule has 2 aromatic rings. The molecule has 0 spiro atoms. The highest BCUT2D eigenvalue weighted by molar-refractivity contribution is 7.91. The Hall–Kier alpha value is -4.81. The molecule has 2 saturated carbocycles. The van der Waals surface area contributed by atoms with Gasteiger partial charge in [0.05, 0.1) is 18.4 Å². The van der Waals surface area contributed by atoms with E-state index in [0.717, 1.165) is 18.2 Å². The summed E-state index contributed by atoms with van der Waals surface area (Å²) in [5.74, 6) is -1.93. The first kappa shape index (κ1) is 48.2. The summed E-state index contributed by atoms with van der Waals surface area (Å²) in [6, 6.07) is 4.61. The Morgan fingerprint density at radius 2 is 1.81 bits per heavy atom. The average molecular weight is 895 g/mol. The fraction of sp³-hybridized carbons (Fsp3) is 0.651. The lowest BCUT2D eigenvalue weighted by Crippen LogP contribution is -2.56. The van der Waals surface area contributed by atoms with Gasteiger partial charge in [-0.3, -0.25) is 19.1 Å². The van der Waals surface area contributed by atoms with Crippen LogP contribution < -0.4 is 30.1 Å². The van der Waals surface area contributed by atoms with E-state index < -0.39 is 80.4 Å². The molecule has 7 atom stereocenters. The number of aromatic nitrogens is 1. The van der Waals surface area contributed by atoms with Crippen molar-refractivity contribution in [2.24, 2.45) is 29.4 Å². The molecule has 3 fully saturated rings. The fourth-order valence-corrected chi connectivity index (χ4v) is 9.43. The first-order valence-corrected chi connectivity index (χ1v) is 22.6. The molecule has 2 aliphatic carbocycles. The third-order valence-corrected chi connectivity index (χ3v) is 14.6. The zero-order valence-corrected chi connectivity index (χ0v) is 37.5. The molecule has 1 aromatic carbocycles. The van der Waals surface area contributed by atoms with Crippen molar-refractivity contribution < 1.29 is 55.0 Å². The van der Waals surface area contributed by atoms with E-state index in [1.54, 1.807) is 38.0 Å². The second-order valence-electron chi connectivity index (χ2n) is 18.1. The van der Waals surface area contributed by atoms with Gasteiger partial charge in [-0.15, -0.1) is 0 Å². The molecule has 5 rings (SSSR count). The Bertz CT molecular complexity index is 2130. The van der Waals surface area contributed by atoms with Gasteiger partial charge in [0.2, 0.25) is 39.2 Å². The van der Waals surface area contributed by atoms with Crippen LogP contribution in [0, 0.1) is 23.7 Å². The number of fused-ring (bicyclic) bond motifs is 1. The summed E-state index contributed by atoms with van der Waals surface area (Å²) in [7, 11) is 1.42. The van der Waals surface area contributed by atoms with Crippen LogP contribution in [0.1, 0.15) is 92.4 Å². The number of alkyl halides is 3. The number of likely N-dealkylation sites (tertiary alicyclic amines) is 1. The molecule has 15 nitrogen and oxygen atoms in total. The minimum Gasteiger partial charge on any atom is -0.497 e. The zero-order chi connectivity index (χ0) is 45.9. The number of halogens is 3. The van der Waals surface area contributed by atoms with E-state index in [4.69, 9.17) is 19.9 Å². The number of nitrogens with two attached hydrogens (primary N) is 1. The van der Waals surface area contributed by atoms with Gasteiger partial charge in [-0.2, -0.15) is 18.2 Å². The topological polar surface area (TPSA) is 200 Å². The molecule has 0 bridgehead atoms. The Balaban J connectivity index is 1.29. The quantitative estimate of drug-likeness (QED) is 0.149. The van der Waals surface area contributed by atoms with Crippen LogP contribution in [-0.4, -0.2) is 105 Å². The largest absolute Gasteiger partial charge is 0.497 e. The van der Waals surface area contributed by atoms with Gasteiger partial charge in [0.25, 0.3) is 0 Å². The molecular weight excluding hydrogens is 834 g/mol. The number of sulfonamides is 1. The molecular formula is C43H61F3N6O9S. The molecule has 62 heavy (non-hydrogen) atoms. The molecule has 4 N–H and O–H groups in total. The van der Waals surface area contributed by atoms with Crippen molar-refractivity contribution in [1.82, 2.24) is 19.9 Å². The van der Waals surface area contributed by atoms with Gasteiger partial charge in [0.15, 0.2) is 0 Å². The first-order valence-electron chi connectivity index (χ1n) is 21.1. The van der Waals surface area contributed by atoms with E-state index in [2.05, 4.69) is 15.0 Å². The smallest absolute Gasteiger partial charge is 0.427 e. The number of amides is 4. The number of hydrogen-bond acceptors (Lipinski definition) is 11. The van der Waals surface area contributed by atoms with Crippen molar-refractivity contribution in [2.75, 3.05) is 32.6 Å². The fourth-order valence-electron chi connectivity index (χ4n) is 8.12. The van der Waals surface area contributed by atoms with E-state index in [-0.39, 0.29) is 30.7 Å². The van der Waals surface area contributed by atoms with Crippen molar-refractivity contribution in [3.8, 4) is 11.6 Å². The molecule has 2 heterocycles. The zero-order valence-electron chi connectivity index (χ0n) is 36.7. The third-order valence-electron chi connectivity index (χ3n) is 12.5. The summed E-state index contributed by atoms with van der Waals surface area (Å²) in [4.78, 5) is 61.2. The second-order valence-corrected chi connectivity index (χ2v) is 20.3. The first-order chi connectivity index (χ1) is 28.9. The van der Waals surface area contributed by atoms with Crippen LogP contribution in [-0.2, 0) is 29.1 Å². The summed E-state index contributed by atoms with van der Waals surface area (Å²) >= 11 is 0. The van der Waals surface area contributed by atoms with Crippen LogP contribution in [0.25, 0.3) is 10.8 Å². The van der Waals surface area contributed by atoms with E-state index in [1.807, 2.05) is 45.3 Å². The normalized spacial score (nSPS) is 22.8.